The Morgan fingerprint density at radius 2 is 1.45 bits per heavy atom. The van der Waals surface area contributed by atoms with Crippen molar-refractivity contribution in [1.82, 2.24) is 0 Å². The van der Waals surface area contributed by atoms with Crippen molar-refractivity contribution in [2.24, 2.45) is 5.10 Å². The van der Waals surface area contributed by atoms with E-state index < -0.39 is 40.7 Å². The van der Waals surface area contributed by atoms with Crippen LogP contribution in [0.25, 0.3) is 16.8 Å². The second kappa shape index (κ2) is 7.81. The molecule has 1 amide bonds. The number of hydrazone groups is 1. The average Bonchev–Trinajstić information content (AvgIpc) is 3.04. The predicted molar refractivity (Wildman–Crippen MR) is 111 cm³/mol. The van der Waals surface area contributed by atoms with Crippen LogP contribution in [0.1, 0.15) is 12.5 Å². The van der Waals surface area contributed by atoms with Crippen LogP contribution in [-0.4, -0.2) is 17.9 Å². The topological polar surface area (TPSA) is 32.7 Å². The van der Waals surface area contributed by atoms with Crippen LogP contribution >= 0.6 is 11.8 Å². The standard InChI is InChI=1S/C22H13F5N2OS/c1-10-14(9-11-7-8-15(31-2)13-6-4-3-5-12(11)13)22(30)29(28-10)21-19(26)17(24)16(23)18(25)20(21)27/h3-9H,1-2H3/b14-9+. The Bertz CT molecular complexity index is 1290. The van der Waals surface area contributed by atoms with Crippen LogP contribution < -0.4 is 5.01 Å². The molecule has 1 heterocycles. The van der Waals surface area contributed by atoms with Crippen molar-refractivity contribution in [3.8, 4) is 0 Å². The highest BCUT2D eigenvalue weighted by Gasteiger charge is 2.37. The summed E-state index contributed by atoms with van der Waals surface area (Å²) in [5.41, 5.74) is -0.713. The lowest BCUT2D eigenvalue weighted by atomic mass is 10.0. The molecule has 0 N–H and O–H groups in total. The molecule has 3 aromatic rings. The van der Waals surface area contributed by atoms with Gasteiger partial charge in [0.25, 0.3) is 5.91 Å². The van der Waals surface area contributed by atoms with Crippen LogP contribution in [0.15, 0.2) is 52.0 Å². The zero-order valence-electron chi connectivity index (χ0n) is 16.1. The first-order valence-corrected chi connectivity index (χ1v) is 10.2. The van der Waals surface area contributed by atoms with Gasteiger partial charge in [-0.15, -0.1) is 11.8 Å². The quantitative estimate of drug-likeness (QED) is 0.160. The van der Waals surface area contributed by atoms with E-state index in [2.05, 4.69) is 5.10 Å². The summed E-state index contributed by atoms with van der Waals surface area (Å²) in [4.78, 5) is 13.9. The largest absolute Gasteiger partial charge is 0.280 e. The first kappa shape index (κ1) is 21.0. The van der Waals surface area contributed by atoms with Gasteiger partial charge in [-0.1, -0.05) is 30.3 Å². The summed E-state index contributed by atoms with van der Waals surface area (Å²) in [6.45, 7) is 1.41. The maximum Gasteiger partial charge on any atom is 0.280 e. The molecule has 0 saturated carbocycles. The fraction of sp³-hybridized carbons (Fsp3) is 0.0909. The fourth-order valence-electron chi connectivity index (χ4n) is 3.37. The van der Waals surface area contributed by atoms with E-state index in [0.717, 1.165) is 15.7 Å². The maximum absolute atomic E-state index is 14.2. The third-order valence-corrected chi connectivity index (χ3v) is 5.69. The Hall–Kier alpha value is -3.20. The molecule has 0 aromatic heterocycles. The number of nitrogens with zero attached hydrogens (tertiary/aromatic N) is 2. The number of halogens is 5. The zero-order valence-corrected chi connectivity index (χ0v) is 17.0. The predicted octanol–water partition coefficient (Wildman–Crippen LogP) is 6.06. The monoisotopic (exact) mass is 448 g/mol. The van der Waals surface area contributed by atoms with Crippen LogP contribution in [0.3, 0.4) is 0 Å². The molecule has 9 heteroatoms. The Morgan fingerprint density at radius 1 is 0.871 bits per heavy atom. The molecule has 0 bridgehead atoms. The van der Waals surface area contributed by atoms with Crippen LogP contribution in [0, 0.1) is 29.1 Å². The Labute approximate surface area is 177 Å². The summed E-state index contributed by atoms with van der Waals surface area (Å²) in [6.07, 6.45) is 3.42. The highest BCUT2D eigenvalue weighted by molar-refractivity contribution is 7.98. The number of rotatable bonds is 3. The summed E-state index contributed by atoms with van der Waals surface area (Å²) in [6, 6.07) is 11.1. The van der Waals surface area contributed by atoms with E-state index in [1.54, 1.807) is 17.8 Å². The van der Waals surface area contributed by atoms with Gasteiger partial charge in [0.1, 0.15) is 5.69 Å². The fourth-order valence-corrected chi connectivity index (χ4v) is 3.97. The van der Waals surface area contributed by atoms with Gasteiger partial charge < -0.3 is 0 Å². The third-order valence-electron chi connectivity index (χ3n) is 4.90. The smallest absolute Gasteiger partial charge is 0.267 e. The van der Waals surface area contributed by atoms with Gasteiger partial charge in [0.2, 0.25) is 5.82 Å². The van der Waals surface area contributed by atoms with Gasteiger partial charge in [0.15, 0.2) is 23.3 Å². The second-order valence-corrected chi connectivity index (χ2v) is 7.53. The lowest BCUT2D eigenvalue weighted by Gasteiger charge is -2.15. The number of anilines is 1. The SMILES string of the molecule is CSc1ccc(/C=C2/C(=O)N(c3c(F)c(F)c(F)c(F)c3F)N=C2C)c2ccccc12. The first-order chi connectivity index (χ1) is 14.8. The number of hydrogen-bond acceptors (Lipinski definition) is 3. The third kappa shape index (κ3) is 3.29. The molecule has 0 saturated heterocycles. The molecule has 0 radical (unpaired) electrons. The van der Waals surface area contributed by atoms with E-state index in [1.165, 1.54) is 13.0 Å². The van der Waals surface area contributed by atoms with Crippen LogP contribution in [0.2, 0.25) is 0 Å². The normalized spacial score (nSPS) is 15.3. The van der Waals surface area contributed by atoms with Gasteiger partial charge in [-0.25, -0.2) is 22.0 Å². The van der Waals surface area contributed by atoms with Gasteiger partial charge in [0, 0.05) is 4.90 Å². The Balaban J connectivity index is 1.84. The second-order valence-electron chi connectivity index (χ2n) is 6.68. The number of carbonyl (C=O) groups excluding carboxylic acids is 1. The van der Waals surface area contributed by atoms with Gasteiger partial charge in [0.05, 0.1) is 11.3 Å². The van der Waals surface area contributed by atoms with Gasteiger partial charge >= 0.3 is 0 Å². The molecule has 0 fully saturated rings. The van der Waals surface area contributed by atoms with E-state index >= 15 is 0 Å². The molecule has 3 nitrogen and oxygen atoms in total. The van der Waals surface area contributed by atoms with Crippen molar-refractivity contribution < 1.29 is 26.7 Å². The van der Waals surface area contributed by atoms with Crippen molar-refractivity contribution in [2.45, 2.75) is 11.8 Å². The first-order valence-electron chi connectivity index (χ1n) is 8.95. The van der Waals surface area contributed by atoms with E-state index in [1.807, 2.05) is 36.6 Å². The molecule has 0 atom stereocenters. The summed E-state index contributed by atoms with van der Waals surface area (Å²) in [5.74, 6) is -11.9. The van der Waals surface area contributed by atoms with Gasteiger partial charge in [-0.05, 0) is 41.7 Å². The molecule has 0 spiro atoms. The summed E-state index contributed by atoms with van der Waals surface area (Å²) in [5, 5.41) is 5.74. The summed E-state index contributed by atoms with van der Waals surface area (Å²) in [7, 11) is 0. The molecule has 1 aliphatic heterocycles. The molecule has 0 aliphatic carbocycles. The van der Waals surface area contributed by atoms with Gasteiger partial charge in [-0.3, -0.25) is 4.79 Å². The van der Waals surface area contributed by atoms with E-state index in [-0.39, 0.29) is 16.3 Å². The summed E-state index contributed by atoms with van der Waals surface area (Å²) < 4.78 is 69.0. The van der Waals surface area contributed by atoms with Crippen LogP contribution in [0.5, 0.6) is 0 Å². The molecule has 3 aromatic carbocycles. The van der Waals surface area contributed by atoms with Crippen molar-refractivity contribution in [1.29, 1.82) is 0 Å². The highest BCUT2D eigenvalue weighted by atomic mass is 32.2. The average molecular weight is 448 g/mol. The van der Waals surface area contributed by atoms with E-state index in [4.69, 9.17) is 0 Å². The number of carbonyl (C=O) groups is 1. The number of thioether (sulfide) groups is 1. The number of fused-ring (bicyclic) bond motifs is 1. The minimum atomic E-state index is -2.30. The minimum absolute atomic E-state index is 0.0222. The zero-order chi connectivity index (χ0) is 22.4. The molecule has 1 aliphatic rings. The van der Waals surface area contributed by atoms with E-state index in [9.17, 15) is 26.7 Å². The maximum atomic E-state index is 14.2. The number of benzene rings is 3. The van der Waals surface area contributed by atoms with Crippen molar-refractivity contribution in [3.63, 3.8) is 0 Å². The lowest BCUT2D eigenvalue weighted by Crippen LogP contribution is -2.25. The van der Waals surface area contributed by atoms with Crippen molar-refractivity contribution in [2.75, 3.05) is 11.3 Å². The van der Waals surface area contributed by atoms with Crippen molar-refractivity contribution in [3.05, 3.63) is 76.6 Å². The molecule has 0 unspecified atom stereocenters. The van der Waals surface area contributed by atoms with Crippen LogP contribution in [0.4, 0.5) is 27.6 Å². The van der Waals surface area contributed by atoms with Gasteiger partial charge in [-0.2, -0.15) is 10.1 Å². The summed E-state index contributed by atoms with van der Waals surface area (Å²) >= 11 is 1.55. The molecule has 31 heavy (non-hydrogen) atoms. The minimum Gasteiger partial charge on any atom is -0.267 e. The molecular weight excluding hydrogens is 435 g/mol. The lowest BCUT2D eigenvalue weighted by molar-refractivity contribution is -0.114. The Morgan fingerprint density at radius 3 is 2.06 bits per heavy atom. The molecular formula is C22H13F5N2OS. The highest BCUT2D eigenvalue weighted by Crippen LogP contribution is 2.35. The Kier molecular flexibility index (Phi) is 5.30. The number of hydrogen-bond donors (Lipinski definition) is 0. The molecule has 158 valence electrons. The molecule has 4 rings (SSSR count). The van der Waals surface area contributed by atoms with E-state index in [0.29, 0.717) is 5.56 Å². The van der Waals surface area contributed by atoms with Crippen molar-refractivity contribution >= 4 is 45.9 Å². The van der Waals surface area contributed by atoms with Crippen LogP contribution in [-0.2, 0) is 4.79 Å². The number of amides is 1.